The lowest BCUT2D eigenvalue weighted by molar-refractivity contribution is -0.461. The van der Waals surface area contributed by atoms with E-state index in [1.807, 2.05) is 5.92 Å². The molecule has 0 radical (unpaired) electrons. The van der Waals surface area contributed by atoms with Crippen LogP contribution in [0.3, 0.4) is 0 Å². The fourth-order valence-electron chi connectivity index (χ4n) is 3.69. The second-order valence-electron chi connectivity index (χ2n) is 10.2. The molecule has 52 heavy (non-hydrogen) atoms. The molecular formula is C29H18F17N3O3. The maximum atomic E-state index is 14.1. The quantitative estimate of drug-likeness (QED) is 0.0786. The van der Waals surface area contributed by atoms with Gasteiger partial charge < -0.3 is 9.64 Å². The van der Waals surface area contributed by atoms with Gasteiger partial charge in [0.1, 0.15) is 12.6 Å². The number of ether oxygens (including phenoxy) is 1. The lowest BCUT2D eigenvalue weighted by Gasteiger charge is -2.42. The zero-order valence-electron chi connectivity index (χ0n) is 25.1. The fourth-order valence-corrected chi connectivity index (χ4v) is 3.69. The summed E-state index contributed by atoms with van der Waals surface area (Å²) in [6.45, 7) is -4.21. The zero-order valence-corrected chi connectivity index (χ0v) is 25.1. The molecule has 0 atom stereocenters. The largest absolute Gasteiger partial charge is 0.464 e. The second kappa shape index (κ2) is 15.0. The number of nitrogens with zero attached hydrogens (tertiary/aromatic N) is 3. The van der Waals surface area contributed by atoms with E-state index >= 15 is 0 Å². The summed E-state index contributed by atoms with van der Waals surface area (Å²) < 4.78 is 232. The van der Waals surface area contributed by atoms with Crippen molar-refractivity contribution in [1.29, 1.82) is 0 Å². The SMILES string of the molecule is C#CCN(CC(=O)OCCC(F)(F)C(F)(F)C(F)(F)C(F)(F)C(F)(F)C(F)(F)C(F)(F)C(F)(F)F)C(=O)c1cccc(N=C=Nc2ccccc2)c1. The van der Waals surface area contributed by atoms with Crippen LogP contribution in [0.4, 0.5) is 86.0 Å². The first kappa shape index (κ1) is 43.3. The average Bonchev–Trinajstić information content (AvgIpc) is 3.03. The first-order valence-electron chi connectivity index (χ1n) is 13.4. The van der Waals surface area contributed by atoms with Crippen molar-refractivity contribution in [2.45, 2.75) is 54.1 Å². The third-order valence-electron chi connectivity index (χ3n) is 6.56. The Balaban J connectivity index is 2.20. The predicted octanol–water partition coefficient (Wildman–Crippen LogP) is 8.84. The topological polar surface area (TPSA) is 71.3 Å². The number of hydrogen-bond acceptors (Lipinski definition) is 5. The molecule has 0 fully saturated rings. The normalized spacial score (nSPS) is 13.5. The number of aliphatic imine (C=N–C) groups is 2. The standard InChI is InChI=1S/C29H18F17N3O3/c1-2-12-49(21(51)17-7-6-10-19(14-17)48-16-47-18-8-4-3-5-9-18)15-20(50)52-13-11-22(30,31)23(32,33)24(34,35)25(36,37)26(38,39)27(40,41)28(42,43)29(44,45)46/h1,3-10,14H,11-13,15H2. The number of rotatable bonds is 15. The van der Waals surface area contributed by atoms with Crippen molar-refractivity contribution in [3.63, 3.8) is 0 Å². The molecule has 23 heteroatoms. The van der Waals surface area contributed by atoms with Crippen LogP contribution >= 0.6 is 0 Å². The molecule has 0 spiro atoms. The minimum absolute atomic E-state index is 0.0647. The van der Waals surface area contributed by atoms with Crippen molar-refractivity contribution in [3.8, 4) is 12.3 Å². The molecule has 0 N–H and O–H groups in total. The number of esters is 1. The van der Waals surface area contributed by atoms with Gasteiger partial charge in [-0.25, -0.2) is 0 Å². The predicted molar refractivity (Wildman–Crippen MR) is 143 cm³/mol. The van der Waals surface area contributed by atoms with E-state index < -0.39 is 85.6 Å². The number of alkyl halides is 17. The van der Waals surface area contributed by atoms with Crippen molar-refractivity contribution in [2.24, 2.45) is 9.98 Å². The number of terminal acetylenes is 1. The first-order chi connectivity index (χ1) is 23.5. The van der Waals surface area contributed by atoms with Crippen molar-refractivity contribution in [2.75, 3.05) is 19.7 Å². The summed E-state index contributed by atoms with van der Waals surface area (Å²) in [4.78, 5) is 33.3. The Bertz CT molecular complexity index is 1700. The molecule has 0 aliphatic heterocycles. The summed E-state index contributed by atoms with van der Waals surface area (Å²) in [6.07, 6.45) is -5.75. The smallest absolute Gasteiger partial charge is 0.460 e. The Kier molecular flexibility index (Phi) is 12.5. The maximum Gasteiger partial charge on any atom is 0.460 e. The van der Waals surface area contributed by atoms with Crippen molar-refractivity contribution >= 4 is 29.3 Å². The van der Waals surface area contributed by atoms with Crippen molar-refractivity contribution in [3.05, 3.63) is 60.2 Å². The zero-order chi connectivity index (χ0) is 40.2. The molecule has 0 saturated carbocycles. The number of carbonyl (C=O) groups excluding carboxylic acids is 2. The van der Waals surface area contributed by atoms with Gasteiger partial charge in [-0.15, -0.1) is 6.42 Å². The minimum atomic E-state index is -8.76. The van der Waals surface area contributed by atoms with Crippen LogP contribution in [0.5, 0.6) is 0 Å². The Labute approximate surface area is 279 Å². The molecule has 0 bridgehead atoms. The van der Waals surface area contributed by atoms with Crippen LogP contribution < -0.4 is 0 Å². The molecule has 0 unspecified atom stereocenters. The van der Waals surface area contributed by atoms with E-state index in [4.69, 9.17) is 6.42 Å². The highest BCUT2D eigenvalue weighted by molar-refractivity contribution is 5.97. The van der Waals surface area contributed by atoms with E-state index in [0.717, 1.165) is 12.1 Å². The van der Waals surface area contributed by atoms with Crippen LogP contribution in [0.2, 0.25) is 0 Å². The maximum absolute atomic E-state index is 14.1. The van der Waals surface area contributed by atoms with Crippen LogP contribution in [-0.2, 0) is 9.53 Å². The summed E-state index contributed by atoms with van der Waals surface area (Å²) in [7, 11) is 0. The van der Waals surface area contributed by atoms with Crippen LogP contribution in [0, 0.1) is 12.3 Å². The number of carbonyl (C=O) groups is 2. The van der Waals surface area contributed by atoms with E-state index in [9.17, 15) is 84.2 Å². The lowest BCUT2D eigenvalue weighted by Crippen LogP contribution is -2.74. The molecule has 286 valence electrons. The summed E-state index contributed by atoms with van der Waals surface area (Å²) in [5.74, 6) is -58.5. The highest BCUT2D eigenvalue weighted by Crippen LogP contribution is 2.64. The van der Waals surface area contributed by atoms with Crippen LogP contribution in [0.15, 0.2) is 64.6 Å². The molecule has 0 aliphatic rings. The summed E-state index contributed by atoms with van der Waals surface area (Å²) in [5, 5.41) is 0. The van der Waals surface area contributed by atoms with E-state index in [2.05, 4.69) is 20.7 Å². The minimum Gasteiger partial charge on any atom is -0.464 e. The molecule has 2 rings (SSSR count). The number of halogens is 17. The molecule has 0 aliphatic carbocycles. The van der Waals surface area contributed by atoms with Gasteiger partial charge in [0, 0.05) is 5.56 Å². The van der Waals surface area contributed by atoms with Crippen molar-refractivity contribution < 1.29 is 89.0 Å². The van der Waals surface area contributed by atoms with Crippen LogP contribution in [0.25, 0.3) is 0 Å². The molecule has 0 aromatic heterocycles. The summed E-state index contributed by atoms with van der Waals surface area (Å²) >= 11 is 0. The lowest BCUT2D eigenvalue weighted by atomic mass is 9.88. The highest BCUT2D eigenvalue weighted by atomic mass is 19.4. The molecular weight excluding hydrogens is 761 g/mol. The third-order valence-corrected chi connectivity index (χ3v) is 6.56. The number of para-hydroxylation sites is 1. The molecule has 0 saturated heterocycles. The fraction of sp³-hybridized carbons (Fsp3) is 0.414. The summed E-state index contributed by atoms with van der Waals surface area (Å²) in [5.41, 5.74) is 0.272. The average molecular weight is 779 g/mol. The van der Waals surface area contributed by atoms with Gasteiger partial charge in [-0.2, -0.15) is 84.6 Å². The molecule has 0 heterocycles. The first-order valence-corrected chi connectivity index (χ1v) is 13.4. The van der Waals surface area contributed by atoms with Gasteiger partial charge >= 0.3 is 53.6 Å². The van der Waals surface area contributed by atoms with Crippen molar-refractivity contribution in [1.82, 2.24) is 4.90 Å². The third kappa shape index (κ3) is 8.11. The van der Waals surface area contributed by atoms with E-state index in [1.165, 1.54) is 12.1 Å². The van der Waals surface area contributed by atoms with Gasteiger partial charge in [0.05, 0.1) is 30.9 Å². The van der Waals surface area contributed by atoms with Gasteiger partial charge in [-0.05, 0) is 30.3 Å². The Morgan fingerprint density at radius 1 is 0.654 bits per heavy atom. The number of amides is 1. The monoisotopic (exact) mass is 779 g/mol. The van der Waals surface area contributed by atoms with E-state index in [0.29, 0.717) is 10.6 Å². The van der Waals surface area contributed by atoms with Gasteiger partial charge in [-0.3, -0.25) is 9.59 Å². The number of hydrogen-bond donors (Lipinski definition) is 0. The summed E-state index contributed by atoms with van der Waals surface area (Å²) in [6, 6.07) is 15.5. The Hall–Kier alpha value is -4.87. The van der Waals surface area contributed by atoms with E-state index in [-0.39, 0.29) is 11.3 Å². The Morgan fingerprint density at radius 3 is 1.65 bits per heavy atom. The van der Waals surface area contributed by atoms with E-state index in [1.54, 1.807) is 30.3 Å². The Morgan fingerprint density at radius 2 is 1.13 bits per heavy atom. The van der Waals surface area contributed by atoms with Gasteiger partial charge in [-0.1, -0.05) is 30.2 Å². The highest BCUT2D eigenvalue weighted by Gasteiger charge is 2.95. The second-order valence-corrected chi connectivity index (χ2v) is 10.2. The molecule has 6 nitrogen and oxygen atoms in total. The molecule has 2 aromatic carbocycles. The van der Waals surface area contributed by atoms with Gasteiger partial charge in [0.15, 0.2) is 0 Å². The van der Waals surface area contributed by atoms with Gasteiger partial charge in [0.25, 0.3) is 5.91 Å². The molecule has 1 amide bonds. The van der Waals surface area contributed by atoms with Gasteiger partial charge in [0.2, 0.25) is 0 Å². The van der Waals surface area contributed by atoms with Crippen LogP contribution in [0.1, 0.15) is 16.8 Å². The number of benzene rings is 2. The van der Waals surface area contributed by atoms with Crippen LogP contribution in [-0.4, -0.2) is 90.1 Å². The molecule has 2 aromatic rings.